The first-order valence-electron chi connectivity index (χ1n) is 11.9. The molecule has 1 aliphatic rings. The summed E-state index contributed by atoms with van der Waals surface area (Å²) in [7, 11) is -3.90. The van der Waals surface area contributed by atoms with Gasteiger partial charge in [-0.05, 0) is 80.3 Å². The number of rotatable bonds is 8. The van der Waals surface area contributed by atoms with E-state index < -0.39 is 10.0 Å². The first-order chi connectivity index (χ1) is 16.9. The number of anilines is 1. The van der Waals surface area contributed by atoms with Crippen molar-refractivity contribution in [2.24, 2.45) is 5.92 Å². The SMILES string of the molecule is CSc1ccc(S(=O)(=O)N(CC(=O)N2CCC(Cc3ccccc3)CC2)c2ccc(C)cc2)cc1. The molecule has 0 saturated carbocycles. The third kappa shape index (κ3) is 6.27. The van der Waals surface area contributed by atoms with Crippen LogP contribution in [0.3, 0.4) is 0 Å². The molecule has 5 nitrogen and oxygen atoms in total. The fraction of sp³-hybridized carbons (Fsp3) is 0.321. The summed E-state index contributed by atoms with van der Waals surface area (Å²) in [4.78, 5) is 16.3. The minimum absolute atomic E-state index is 0.159. The summed E-state index contributed by atoms with van der Waals surface area (Å²) < 4.78 is 28.5. The van der Waals surface area contributed by atoms with Crippen molar-refractivity contribution in [3.8, 4) is 0 Å². The van der Waals surface area contributed by atoms with Crippen molar-refractivity contribution in [3.63, 3.8) is 0 Å². The predicted molar refractivity (Wildman–Crippen MR) is 143 cm³/mol. The van der Waals surface area contributed by atoms with Crippen LogP contribution in [0.25, 0.3) is 0 Å². The van der Waals surface area contributed by atoms with E-state index >= 15 is 0 Å². The third-order valence-corrected chi connectivity index (χ3v) is 9.11. The van der Waals surface area contributed by atoms with Crippen molar-refractivity contribution in [1.29, 1.82) is 0 Å². The predicted octanol–water partition coefficient (Wildman–Crippen LogP) is 5.39. The van der Waals surface area contributed by atoms with Crippen LogP contribution in [0.15, 0.2) is 88.7 Å². The summed E-state index contributed by atoms with van der Waals surface area (Å²) in [5, 5.41) is 0. The molecule has 1 aliphatic heterocycles. The van der Waals surface area contributed by atoms with Crippen LogP contribution in [0.1, 0.15) is 24.0 Å². The van der Waals surface area contributed by atoms with E-state index in [1.807, 2.05) is 36.3 Å². The molecule has 1 fully saturated rings. The van der Waals surface area contributed by atoms with Gasteiger partial charge >= 0.3 is 0 Å². The lowest BCUT2D eigenvalue weighted by Crippen LogP contribution is -2.46. The summed E-state index contributed by atoms with van der Waals surface area (Å²) in [6, 6.07) is 24.5. The molecule has 1 amide bonds. The Kier molecular flexibility index (Phi) is 8.19. The average Bonchev–Trinajstić information content (AvgIpc) is 2.89. The van der Waals surface area contributed by atoms with E-state index in [9.17, 15) is 13.2 Å². The Morgan fingerprint density at radius 3 is 2.17 bits per heavy atom. The Morgan fingerprint density at radius 1 is 0.943 bits per heavy atom. The zero-order chi connectivity index (χ0) is 24.8. The lowest BCUT2D eigenvalue weighted by molar-refractivity contribution is -0.130. The highest BCUT2D eigenvalue weighted by Crippen LogP contribution is 2.27. The van der Waals surface area contributed by atoms with Crippen molar-refractivity contribution in [2.45, 2.75) is 36.0 Å². The molecule has 7 heteroatoms. The molecule has 184 valence electrons. The number of aryl methyl sites for hydroxylation is 1. The second-order valence-electron chi connectivity index (χ2n) is 9.04. The molecule has 1 saturated heterocycles. The van der Waals surface area contributed by atoms with Gasteiger partial charge in [-0.2, -0.15) is 0 Å². The monoisotopic (exact) mass is 508 g/mol. The number of carbonyl (C=O) groups excluding carboxylic acids is 1. The molecule has 0 spiro atoms. The number of carbonyl (C=O) groups is 1. The van der Waals surface area contributed by atoms with E-state index in [0.29, 0.717) is 24.7 Å². The van der Waals surface area contributed by atoms with Gasteiger partial charge in [0.25, 0.3) is 10.0 Å². The second-order valence-corrected chi connectivity index (χ2v) is 11.8. The van der Waals surface area contributed by atoms with Gasteiger partial charge in [-0.25, -0.2) is 8.42 Å². The molecule has 0 aromatic heterocycles. The van der Waals surface area contributed by atoms with Gasteiger partial charge in [0.15, 0.2) is 0 Å². The van der Waals surface area contributed by atoms with Gasteiger partial charge < -0.3 is 4.90 Å². The van der Waals surface area contributed by atoms with Gasteiger partial charge in [0.1, 0.15) is 6.54 Å². The standard InChI is InChI=1S/C28H32N2O3S2/c1-22-8-10-25(11-9-22)30(35(32,33)27-14-12-26(34-2)13-15-27)21-28(31)29-18-16-24(17-19-29)20-23-6-4-3-5-7-23/h3-15,24H,16-21H2,1-2H3. The summed E-state index contributed by atoms with van der Waals surface area (Å²) in [5.74, 6) is 0.376. The fourth-order valence-corrected chi connectivity index (χ4v) is 6.28. The average molecular weight is 509 g/mol. The molecule has 4 rings (SSSR count). The molecule has 0 bridgehead atoms. The molecule has 0 aliphatic carbocycles. The van der Waals surface area contributed by atoms with Gasteiger partial charge in [0.05, 0.1) is 10.6 Å². The Balaban J connectivity index is 1.49. The number of hydrogen-bond donors (Lipinski definition) is 0. The van der Waals surface area contributed by atoms with E-state index in [1.165, 1.54) is 9.87 Å². The number of sulfonamides is 1. The number of likely N-dealkylation sites (tertiary alicyclic amines) is 1. The molecule has 3 aromatic carbocycles. The number of thioether (sulfide) groups is 1. The zero-order valence-electron chi connectivity index (χ0n) is 20.3. The Morgan fingerprint density at radius 2 is 1.57 bits per heavy atom. The number of hydrogen-bond acceptors (Lipinski definition) is 4. The van der Waals surface area contributed by atoms with Crippen LogP contribution in [-0.2, 0) is 21.2 Å². The van der Waals surface area contributed by atoms with Crippen LogP contribution < -0.4 is 4.31 Å². The van der Waals surface area contributed by atoms with Crippen LogP contribution in [-0.4, -0.2) is 45.1 Å². The van der Waals surface area contributed by atoms with Crippen molar-refractivity contribution in [1.82, 2.24) is 4.90 Å². The van der Waals surface area contributed by atoms with E-state index in [1.54, 1.807) is 48.2 Å². The molecular weight excluding hydrogens is 476 g/mol. The Hall–Kier alpha value is -2.77. The minimum Gasteiger partial charge on any atom is -0.341 e. The van der Waals surface area contributed by atoms with E-state index in [4.69, 9.17) is 0 Å². The Labute approximate surface area is 213 Å². The maximum Gasteiger partial charge on any atom is 0.264 e. The van der Waals surface area contributed by atoms with Crippen LogP contribution in [0.2, 0.25) is 0 Å². The van der Waals surface area contributed by atoms with E-state index in [-0.39, 0.29) is 17.3 Å². The molecule has 0 unspecified atom stereocenters. The van der Waals surface area contributed by atoms with Crippen LogP contribution >= 0.6 is 11.8 Å². The summed E-state index contributed by atoms with van der Waals surface area (Å²) in [6.07, 6.45) is 4.81. The molecular formula is C28H32N2O3S2. The maximum atomic E-state index is 13.6. The first-order valence-corrected chi connectivity index (χ1v) is 14.6. The third-order valence-electron chi connectivity index (χ3n) is 6.58. The number of benzene rings is 3. The first kappa shape index (κ1) is 25.3. The lowest BCUT2D eigenvalue weighted by atomic mass is 9.90. The molecule has 0 radical (unpaired) electrons. The van der Waals surface area contributed by atoms with Crippen molar-refractivity contribution in [2.75, 3.05) is 30.2 Å². The van der Waals surface area contributed by atoms with Gasteiger partial charge in [-0.15, -0.1) is 11.8 Å². The van der Waals surface area contributed by atoms with E-state index in [2.05, 4.69) is 24.3 Å². The molecule has 35 heavy (non-hydrogen) atoms. The number of nitrogens with zero attached hydrogens (tertiary/aromatic N) is 2. The highest BCUT2D eigenvalue weighted by molar-refractivity contribution is 7.98. The van der Waals surface area contributed by atoms with Gasteiger partial charge in [-0.1, -0.05) is 48.0 Å². The smallest absolute Gasteiger partial charge is 0.264 e. The van der Waals surface area contributed by atoms with Gasteiger partial charge in [0.2, 0.25) is 5.91 Å². The van der Waals surface area contributed by atoms with Crippen LogP contribution in [0.5, 0.6) is 0 Å². The Bertz CT molecular complexity index is 1220. The van der Waals surface area contributed by atoms with Crippen LogP contribution in [0.4, 0.5) is 5.69 Å². The normalized spacial score (nSPS) is 14.6. The van der Waals surface area contributed by atoms with Crippen molar-refractivity contribution in [3.05, 3.63) is 90.0 Å². The maximum absolute atomic E-state index is 13.6. The quantitative estimate of drug-likeness (QED) is 0.383. The number of amides is 1. The highest BCUT2D eigenvalue weighted by atomic mass is 32.2. The molecule has 0 atom stereocenters. The van der Waals surface area contributed by atoms with Crippen LogP contribution in [0, 0.1) is 12.8 Å². The van der Waals surface area contributed by atoms with Gasteiger partial charge in [0, 0.05) is 18.0 Å². The summed E-state index contributed by atoms with van der Waals surface area (Å²) in [5.41, 5.74) is 2.85. The molecule has 1 heterocycles. The van der Waals surface area contributed by atoms with Gasteiger partial charge in [-0.3, -0.25) is 9.10 Å². The molecule has 0 N–H and O–H groups in total. The lowest BCUT2D eigenvalue weighted by Gasteiger charge is -2.34. The van der Waals surface area contributed by atoms with Crippen molar-refractivity contribution < 1.29 is 13.2 Å². The molecule has 3 aromatic rings. The minimum atomic E-state index is -3.90. The topological polar surface area (TPSA) is 57.7 Å². The highest BCUT2D eigenvalue weighted by Gasteiger charge is 2.30. The summed E-state index contributed by atoms with van der Waals surface area (Å²) >= 11 is 1.56. The second kappa shape index (κ2) is 11.3. The zero-order valence-corrected chi connectivity index (χ0v) is 21.9. The number of piperidine rings is 1. The largest absolute Gasteiger partial charge is 0.341 e. The van der Waals surface area contributed by atoms with Crippen molar-refractivity contribution >= 4 is 33.4 Å². The summed E-state index contributed by atoms with van der Waals surface area (Å²) in [6.45, 7) is 3.05. The van der Waals surface area contributed by atoms with E-state index in [0.717, 1.165) is 29.7 Å². The fourth-order valence-electron chi connectivity index (χ4n) is 4.46.